The number of non-ortho nitro benzene ring substituents is 1. The fourth-order valence-corrected chi connectivity index (χ4v) is 2.48. The number of methoxy groups -OCH3 is 1. The lowest BCUT2D eigenvalue weighted by molar-refractivity contribution is -0.384. The standard InChI is InChI=1S/C18H21N3O4/c1-12-8-9-14(21(23)24)10-16(12)19-11-18(22)20-13(2)15-6-4-5-7-17(15)25-3/h4-10,13,19H,11H2,1-3H3,(H,20,22). The minimum atomic E-state index is -0.464. The van der Waals surface area contributed by atoms with Crippen LogP contribution in [0.5, 0.6) is 5.75 Å². The minimum absolute atomic E-state index is 0.0154. The highest BCUT2D eigenvalue weighted by atomic mass is 16.6. The molecule has 1 amide bonds. The second-order valence-corrected chi connectivity index (χ2v) is 5.64. The lowest BCUT2D eigenvalue weighted by atomic mass is 10.1. The number of carbonyl (C=O) groups excluding carboxylic acids is 1. The third-order valence-electron chi connectivity index (χ3n) is 3.85. The summed E-state index contributed by atoms with van der Waals surface area (Å²) >= 11 is 0. The van der Waals surface area contributed by atoms with Crippen LogP contribution < -0.4 is 15.4 Å². The molecule has 7 nitrogen and oxygen atoms in total. The highest BCUT2D eigenvalue weighted by Gasteiger charge is 2.14. The van der Waals surface area contributed by atoms with E-state index in [4.69, 9.17) is 4.74 Å². The Morgan fingerprint density at radius 1 is 1.28 bits per heavy atom. The van der Waals surface area contributed by atoms with Crippen molar-refractivity contribution in [2.24, 2.45) is 0 Å². The van der Waals surface area contributed by atoms with Gasteiger partial charge in [0.2, 0.25) is 5.91 Å². The molecule has 2 rings (SSSR count). The first-order valence-corrected chi connectivity index (χ1v) is 7.83. The molecule has 0 saturated heterocycles. The second-order valence-electron chi connectivity index (χ2n) is 5.64. The van der Waals surface area contributed by atoms with Gasteiger partial charge in [-0.05, 0) is 25.5 Å². The van der Waals surface area contributed by atoms with Crippen LogP contribution in [0.1, 0.15) is 24.1 Å². The normalized spacial score (nSPS) is 11.5. The zero-order chi connectivity index (χ0) is 18.4. The SMILES string of the molecule is COc1ccccc1C(C)NC(=O)CNc1cc([N+](=O)[O-])ccc1C. The predicted molar refractivity (Wildman–Crippen MR) is 95.9 cm³/mol. The van der Waals surface area contributed by atoms with E-state index in [0.717, 1.165) is 11.1 Å². The van der Waals surface area contributed by atoms with Crippen LogP contribution in [0.15, 0.2) is 42.5 Å². The molecule has 2 N–H and O–H groups in total. The molecule has 1 unspecified atom stereocenters. The summed E-state index contributed by atoms with van der Waals surface area (Å²) in [6, 6.07) is 11.8. The van der Waals surface area contributed by atoms with Crippen molar-refractivity contribution in [3.8, 4) is 5.75 Å². The van der Waals surface area contributed by atoms with Crippen LogP contribution in [0.3, 0.4) is 0 Å². The molecule has 0 radical (unpaired) electrons. The molecule has 0 spiro atoms. The number of rotatable bonds is 7. The molecule has 2 aromatic carbocycles. The van der Waals surface area contributed by atoms with Crippen molar-refractivity contribution in [2.45, 2.75) is 19.9 Å². The molecule has 0 aromatic heterocycles. The first-order chi connectivity index (χ1) is 11.9. The van der Waals surface area contributed by atoms with Gasteiger partial charge < -0.3 is 15.4 Å². The molecular formula is C18H21N3O4. The van der Waals surface area contributed by atoms with Crippen molar-refractivity contribution in [1.82, 2.24) is 5.32 Å². The van der Waals surface area contributed by atoms with Crippen LogP contribution in [-0.2, 0) is 4.79 Å². The summed E-state index contributed by atoms with van der Waals surface area (Å²) in [5.41, 5.74) is 2.26. The monoisotopic (exact) mass is 343 g/mol. The number of para-hydroxylation sites is 1. The van der Waals surface area contributed by atoms with Crippen molar-refractivity contribution in [2.75, 3.05) is 19.0 Å². The number of amides is 1. The van der Waals surface area contributed by atoms with E-state index in [-0.39, 0.29) is 24.2 Å². The fourth-order valence-electron chi connectivity index (χ4n) is 2.48. The van der Waals surface area contributed by atoms with Crippen LogP contribution in [0, 0.1) is 17.0 Å². The van der Waals surface area contributed by atoms with Crippen LogP contribution in [0.4, 0.5) is 11.4 Å². The average Bonchev–Trinajstić information content (AvgIpc) is 2.60. The zero-order valence-electron chi connectivity index (χ0n) is 14.4. The van der Waals surface area contributed by atoms with Gasteiger partial charge >= 0.3 is 0 Å². The van der Waals surface area contributed by atoms with Crippen LogP contribution >= 0.6 is 0 Å². The van der Waals surface area contributed by atoms with Gasteiger partial charge in [-0.1, -0.05) is 24.3 Å². The maximum absolute atomic E-state index is 12.2. The number of benzene rings is 2. The molecule has 7 heteroatoms. The molecule has 0 aliphatic rings. The van der Waals surface area contributed by atoms with Gasteiger partial charge in [-0.15, -0.1) is 0 Å². The Bertz CT molecular complexity index is 777. The van der Waals surface area contributed by atoms with E-state index in [9.17, 15) is 14.9 Å². The summed E-state index contributed by atoms with van der Waals surface area (Å²) in [6.45, 7) is 3.71. The molecule has 0 bridgehead atoms. The molecule has 0 aliphatic carbocycles. The Balaban J connectivity index is 1.99. The Hall–Kier alpha value is -3.09. The van der Waals surface area contributed by atoms with Crippen LogP contribution in [0.2, 0.25) is 0 Å². The van der Waals surface area contributed by atoms with Crippen molar-refractivity contribution in [1.29, 1.82) is 0 Å². The molecule has 0 fully saturated rings. The molecule has 0 heterocycles. The summed E-state index contributed by atoms with van der Waals surface area (Å²) in [4.78, 5) is 22.6. The smallest absolute Gasteiger partial charge is 0.271 e. The Morgan fingerprint density at radius 3 is 2.68 bits per heavy atom. The first-order valence-electron chi connectivity index (χ1n) is 7.83. The molecular weight excluding hydrogens is 322 g/mol. The van der Waals surface area contributed by atoms with Crippen molar-refractivity contribution >= 4 is 17.3 Å². The maximum atomic E-state index is 12.2. The maximum Gasteiger partial charge on any atom is 0.271 e. The van der Waals surface area contributed by atoms with E-state index in [1.807, 2.05) is 38.1 Å². The van der Waals surface area contributed by atoms with Gasteiger partial charge in [-0.3, -0.25) is 14.9 Å². The molecule has 0 aliphatic heterocycles. The number of carbonyl (C=O) groups is 1. The highest BCUT2D eigenvalue weighted by Crippen LogP contribution is 2.24. The Labute approximate surface area is 146 Å². The van der Waals surface area contributed by atoms with E-state index in [1.165, 1.54) is 12.1 Å². The fraction of sp³-hybridized carbons (Fsp3) is 0.278. The molecule has 0 saturated carbocycles. The van der Waals surface area contributed by atoms with Crippen molar-refractivity contribution in [3.63, 3.8) is 0 Å². The van der Waals surface area contributed by atoms with Gasteiger partial charge in [0.15, 0.2) is 0 Å². The van der Waals surface area contributed by atoms with Crippen molar-refractivity contribution < 1.29 is 14.5 Å². The number of hydrogen-bond donors (Lipinski definition) is 2. The summed E-state index contributed by atoms with van der Waals surface area (Å²) < 4.78 is 5.30. The first kappa shape index (κ1) is 18.3. The van der Waals surface area contributed by atoms with Crippen LogP contribution in [0.25, 0.3) is 0 Å². The number of nitro benzene ring substituents is 1. The van der Waals surface area contributed by atoms with E-state index >= 15 is 0 Å². The van der Waals surface area contributed by atoms with E-state index in [2.05, 4.69) is 10.6 Å². The highest BCUT2D eigenvalue weighted by molar-refractivity contribution is 5.81. The van der Waals surface area contributed by atoms with E-state index < -0.39 is 4.92 Å². The van der Waals surface area contributed by atoms with Gasteiger partial charge in [0.05, 0.1) is 24.6 Å². The summed E-state index contributed by atoms with van der Waals surface area (Å²) in [5.74, 6) is 0.488. The molecule has 25 heavy (non-hydrogen) atoms. The lowest BCUT2D eigenvalue weighted by Crippen LogP contribution is -2.32. The predicted octanol–water partition coefficient (Wildman–Crippen LogP) is 3.20. The second kappa shape index (κ2) is 8.14. The average molecular weight is 343 g/mol. The third-order valence-corrected chi connectivity index (χ3v) is 3.85. The number of anilines is 1. The Kier molecular flexibility index (Phi) is 5.94. The van der Waals surface area contributed by atoms with Gasteiger partial charge in [0, 0.05) is 23.4 Å². The number of ether oxygens (including phenoxy) is 1. The number of aryl methyl sites for hydroxylation is 1. The largest absolute Gasteiger partial charge is 0.496 e. The van der Waals surface area contributed by atoms with E-state index in [0.29, 0.717) is 11.4 Å². The summed E-state index contributed by atoms with van der Waals surface area (Å²) in [6.07, 6.45) is 0. The van der Waals surface area contributed by atoms with Gasteiger partial charge in [0.1, 0.15) is 5.75 Å². The zero-order valence-corrected chi connectivity index (χ0v) is 14.4. The molecule has 2 aromatic rings. The molecule has 1 atom stereocenters. The van der Waals surface area contributed by atoms with Gasteiger partial charge in [-0.2, -0.15) is 0 Å². The quantitative estimate of drug-likeness (QED) is 0.595. The summed E-state index contributed by atoms with van der Waals surface area (Å²) in [5, 5.41) is 16.7. The molecule has 132 valence electrons. The van der Waals surface area contributed by atoms with Gasteiger partial charge in [0.25, 0.3) is 5.69 Å². The van der Waals surface area contributed by atoms with Crippen LogP contribution in [-0.4, -0.2) is 24.5 Å². The topological polar surface area (TPSA) is 93.5 Å². The lowest BCUT2D eigenvalue weighted by Gasteiger charge is -2.18. The van der Waals surface area contributed by atoms with Gasteiger partial charge in [-0.25, -0.2) is 0 Å². The summed E-state index contributed by atoms with van der Waals surface area (Å²) in [7, 11) is 1.58. The number of nitrogens with one attached hydrogen (secondary N) is 2. The van der Waals surface area contributed by atoms with E-state index in [1.54, 1.807) is 13.2 Å². The third kappa shape index (κ3) is 4.69. The van der Waals surface area contributed by atoms with Crippen molar-refractivity contribution in [3.05, 3.63) is 63.7 Å². The number of hydrogen-bond acceptors (Lipinski definition) is 5. The number of nitrogens with zero attached hydrogens (tertiary/aromatic N) is 1. The minimum Gasteiger partial charge on any atom is -0.496 e. The Morgan fingerprint density at radius 2 is 2.00 bits per heavy atom. The number of nitro groups is 1.